The van der Waals surface area contributed by atoms with E-state index in [0.29, 0.717) is 16.5 Å². The van der Waals surface area contributed by atoms with E-state index in [2.05, 4.69) is 220 Å². The number of fused-ring (bicyclic) bond motifs is 3. The zero-order valence-corrected chi connectivity index (χ0v) is 38.9. The average Bonchev–Trinajstić information content (AvgIpc) is 3.77. The van der Waals surface area contributed by atoms with Crippen molar-refractivity contribution in [2.45, 2.75) is 26.2 Å². The fourth-order valence-corrected chi connectivity index (χ4v) is 9.49. The number of anilines is 3. The smallest absolute Gasteiger partial charge is 0.160 e. The van der Waals surface area contributed by atoms with Crippen molar-refractivity contribution >= 4 is 50.6 Å². The van der Waals surface area contributed by atoms with E-state index in [1.54, 1.807) is 0 Å². The molecule has 0 aliphatic heterocycles. The molecule has 4 heteroatoms. The van der Waals surface area contributed by atoms with E-state index in [-0.39, 0.29) is 5.41 Å². The van der Waals surface area contributed by atoms with E-state index in [9.17, 15) is 0 Å². The van der Waals surface area contributed by atoms with Gasteiger partial charge in [-0.25, -0.2) is 0 Å². The van der Waals surface area contributed by atoms with E-state index in [1.165, 1.54) is 5.56 Å². The fourth-order valence-electron chi connectivity index (χ4n) is 9.31. The highest BCUT2D eigenvalue weighted by molar-refractivity contribution is 6.31. The van der Waals surface area contributed by atoms with Gasteiger partial charge in [0, 0.05) is 38.7 Å². The van der Waals surface area contributed by atoms with Crippen molar-refractivity contribution in [1.29, 1.82) is 0 Å². The predicted octanol–water partition coefficient (Wildman–Crippen LogP) is 19.1. The van der Waals surface area contributed by atoms with E-state index < -0.39 is 0 Å². The lowest BCUT2D eigenvalue weighted by Crippen LogP contribution is -2.12. The van der Waals surface area contributed by atoms with Crippen LogP contribution in [0.4, 0.5) is 17.1 Å². The molecule has 11 rings (SSSR count). The minimum absolute atomic E-state index is 0.00461. The summed E-state index contributed by atoms with van der Waals surface area (Å²) in [6.07, 6.45) is 0. The molecule has 0 aliphatic rings. The molecule has 0 N–H and O–H groups in total. The summed E-state index contributed by atoms with van der Waals surface area (Å²) < 4.78 is 14.2. The summed E-state index contributed by atoms with van der Waals surface area (Å²) >= 11 is 6.70. The second-order valence-electron chi connectivity index (χ2n) is 18.3. The topological polar surface area (TPSA) is 25.6 Å². The van der Waals surface area contributed by atoms with Crippen molar-refractivity contribution in [1.82, 2.24) is 0 Å². The summed E-state index contributed by atoms with van der Waals surface area (Å²) in [5.74, 6) is 1.37. The van der Waals surface area contributed by atoms with Crippen LogP contribution in [-0.2, 0) is 5.41 Å². The van der Waals surface area contributed by atoms with Crippen LogP contribution >= 0.6 is 11.6 Å². The second kappa shape index (κ2) is 17.9. The number of hydrogen-bond acceptors (Lipinski definition) is 3. The van der Waals surface area contributed by atoms with Crippen molar-refractivity contribution in [2.24, 2.45) is 0 Å². The zero-order valence-electron chi connectivity index (χ0n) is 38.2. The van der Waals surface area contributed by atoms with Gasteiger partial charge >= 0.3 is 0 Å². The minimum atomic E-state index is -0.00461. The van der Waals surface area contributed by atoms with Crippen molar-refractivity contribution in [3.8, 4) is 67.1 Å². The number of halogens is 1. The summed E-state index contributed by atoms with van der Waals surface area (Å²) in [7, 11) is 0. The summed E-state index contributed by atoms with van der Waals surface area (Å²) in [4.78, 5) is 2.37. The fraction of sp³-hybridized carbons (Fsp3) is 0.0625. The van der Waals surface area contributed by atoms with Crippen molar-refractivity contribution in [3.05, 3.63) is 247 Å². The SMILES string of the molecule is CC(C)(C)c1ccc(-c2cc(Oc3ccc(Cl)cc3-c3ccccc3)cc(N(c3ccc(-c4ccccc4)c(-c4ccccc4)c3)c3c(-c4ccccc4)ccc4c3oc3ccccc34)c2)cc1. The molecular weight excluding hydrogens is 850 g/mol. The van der Waals surface area contributed by atoms with Gasteiger partial charge in [0.2, 0.25) is 0 Å². The van der Waals surface area contributed by atoms with Gasteiger partial charge in [-0.3, -0.25) is 0 Å². The van der Waals surface area contributed by atoms with Gasteiger partial charge in [-0.05, 0) is 110 Å². The molecule has 68 heavy (non-hydrogen) atoms. The van der Waals surface area contributed by atoms with Crippen LogP contribution in [0, 0.1) is 0 Å². The third-order valence-electron chi connectivity index (χ3n) is 12.7. The number of ether oxygens (including phenoxy) is 1. The standard InChI is InChI=1S/C64H48ClNO2/c1-64(2,3)49-30-28-43(29-31-49)48-38-52(41-53(39-48)67-61-37-32-50(65)40-59(61)47-24-14-7-15-25-47)66(51-33-34-54(44-18-8-4-9-19-44)58(42-51)46-22-12-6-13-23-46)62-55(45-20-10-5-11-21-45)35-36-57-56-26-16-17-27-60(56)68-63(57)62/h4-42H,1-3H3. The molecule has 0 saturated heterocycles. The van der Waals surface area contributed by atoms with E-state index in [1.807, 2.05) is 42.5 Å². The number of hydrogen-bond donors (Lipinski definition) is 0. The maximum absolute atomic E-state index is 7.13. The van der Waals surface area contributed by atoms with Gasteiger partial charge in [0.25, 0.3) is 0 Å². The molecule has 11 aromatic rings. The van der Waals surface area contributed by atoms with E-state index in [4.69, 9.17) is 20.8 Å². The normalized spacial score (nSPS) is 11.5. The Morgan fingerprint density at radius 2 is 0.985 bits per heavy atom. The molecule has 328 valence electrons. The Hall–Kier alpha value is -8.11. The number of benzene rings is 10. The molecule has 1 heterocycles. The molecule has 0 atom stereocenters. The molecule has 0 radical (unpaired) electrons. The zero-order chi connectivity index (χ0) is 46.2. The van der Waals surface area contributed by atoms with Gasteiger partial charge in [-0.1, -0.05) is 208 Å². The lowest BCUT2D eigenvalue weighted by Gasteiger charge is -2.30. The largest absolute Gasteiger partial charge is 0.457 e. The summed E-state index contributed by atoms with van der Waals surface area (Å²) in [5, 5.41) is 2.72. The third kappa shape index (κ3) is 8.34. The molecular formula is C64H48ClNO2. The Kier molecular flexibility index (Phi) is 11.2. The lowest BCUT2D eigenvalue weighted by atomic mass is 9.86. The Labute approximate surface area is 403 Å². The molecule has 0 amide bonds. The molecule has 0 spiro atoms. The van der Waals surface area contributed by atoms with E-state index in [0.717, 1.165) is 94.6 Å². The van der Waals surface area contributed by atoms with Crippen LogP contribution in [0.15, 0.2) is 241 Å². The van der Waals surface area contributed by atoms with Gasteiger partial charge in [-0.15, -0.1) is 0 Å². The molecule has 0 saturated carbocycles. The van der Waals surface area contributed by atoms with Crippen LogP contribution in [0.2, 0.25) is 5.02 Å². The van der Waals surface area contributed by atoms with Crippen LogP contribution in [0.1, 0.15) is 26.3 Å². The molecule has 0 fully saturated rings. The maximum Gasteiger partial charge on any atom is 0.160 e. The van der Waals surface area contributed by atoms with E-state index >= 15 is 0 Å². The third-order valence-corrected chi connectivity index (χ3v) is 13.0. The highest BCUT2D eigenvalue weighted by Gasteiger charge is 2.26. The first-order chi connectivity index (χ1) is 33.2. The summed E-state index contributed by atoms with van der Waals surface area (Å²) in [5.41, 5.74) is 16.2. The monoisotopic (exact) mass is 897 g/mol. The first-order valence-electron chi connectivity index (χ1n) is 23.1. The first kappa shape index (κ1) is 42.5. The lowest BCUT2D eigenvalue weighted by molar-refractivity contribution is 0.485. The molecule has 1 aromatic heterocycles. The number of nitrogens with zero attached hydrogens (tertiary/aromatic N) is 1. The molecule has 3 nitrogen and oxygen atoms in total. The van der Waals surface area contributed by atoms with Gasteiger partial charge in [0.1, 0.15) is 17.1 Å². The van der Waals surface area contributed by atoms with Gasteiger partial charge < -0.3 is 14.1 Å². The predicted molar refractivity (Wildman–Crippen MR) is 286 cm³/mol. The second-order valence-corrected chi connectivity index (χ2v) is 18.7. The number of furan rings is 1. The first-order valence-corrected chi connectivity index (χ1v) is 23.5. The molecule has 0 unspecified atom stereocenters. The van der Waals surface area contributed by atoms with Crippen molar-refractivity contribution < 1.29 is 9.15 Å². The number of para-hydroxylation sites is 1. The van der Waals surface area contributed by atoms with Crippen LogP contribution in [0.3, 0.4) is 0 Å². The Morgan fingerprint density at radius 1 is 0.412 bits per heavy atom. The van der Waals surface area contributed by atoms with Crippen LogP contribution < -0.4 is 9.64 Å². The van der Waals surface area contributed by atoms with Gasteiger partial charge in [-0.2, -0.15) is 0 Å². The van der Waals surface area contributed by atoms with Crippen molar-refractivity contribution in [3.63, 3.8) is 0 Å². The molecule has 10 aromatic carbocycles. The van der Waals surface area contributed by atoms with Crippen molar-refractivity contribution in [2.75, 3.05) is 4.90 Å². The van der Waals surface area contributed by atoms with Crippen LogP contribution in [0.5, 0.6) is 11.5 Å². The molecule has 0 aliphatic carbocycles. The Bertz CT molecular complexity index is 3560. The number of rotatable bonds is 10. The van der Waals surface area contributed by atoms with Gasteiger partial charge in [0.05, 0.1) is 11.4 Å². The molecule has 0 bridgehead atoms. The quantitative estimate of drug-likeness (QED) is 0.137. The van der Waals surface area contributed by atoms with Crippen LogP contribution in [-0.4, -0.2) is 0 Å². The van der Waals surface area contributed by atoms with Gasteiger partial charge in [0.15, 0.2) is 5.58 Å². The highest BCUT2D eigenvalue weighted by Crippen LogP contribution is 2.51. The maximum atomic E-state index is 7.13. The summed E-state index contributed by atoms with van der Waals surface area (Å²) in [6, 6.07) is 83.1. The average molecular weight is 899 g/mol. The van der Waals surface area contributed by atoms with Crippen LogP contribution in [0.25, 0.3) is 77.6 Å². The highest BCUT2D eigenvalue weighted by atomic mass is 35.5. The Morgan fingerprint density at radius 3 is 1.63 bits per heavy atom. The summed E-state index contributed by atoms with van der Waals surface area (Å²) in [6.45, 7) is 6.75. The Balaban J connectivity index is 1.22. The minimum Gasteiger partial charge on any atom is -0.457 e.